The van der Waals surface area contributed by atoms with Crippen LogP contribution in [0.3, 0.4) is 0 Å². The van der Waals surface area contributed by atoms with Crippen LogP contribution in [0.2, 0.25) is 0 Å². The van der Waals surface area contributed by atoms with Crippen LogP contribution in [0.4, 0.5) is 4.39 Å². The highest BCUT2D eigenvalue weighted by atomic mass is 19.1. The SMILES string of the molecule is O=C(NC1CNC1)C1(F)CCNC1. The van der Waals surface area contributed by atoms with Gasteiger partial charge in [-0.2, -0.15) is 0 Å². The second kappa shape index (κ2) is 3.23. The molecule has 0 aromatic heterocycles. The van der Waals surface area contributed by atoms with Gasteiger partial charge in [0.25, 0.3) is 5.91 Å². The summed E-state index contributed by atoms with van der Waals surface area (Å²) in [5.74, 6) is -0.455. The van der Waals surface area contributed by atoms with E-state index in [-0.39, 0.29) is 12.6 Å². The van der Waals surface area contributed by atoms with Gasteiger partial charge < -0.3 is 16.0 Å². The molecule has 13 heavy (non-hydrogen) atoms. The molecule has 0 aromatic rings. The molecular weight excluding hydrogens is 173 g/mol. The molecule has 2 rings (SSSR count). The molecule has 0 spiro atoms. The van der Waals surface area contributed by atoms with Crippen LogP contribution >= 0.6 is 0 Å². The van der Waals surface area contributed by atoms with Gasteiger partial charge in [-0.1, -0.05) is 0 Å². The molecule has 5 heteroatoms. The smallest absolute Gasteiger partial charge is 0.259 e. The summed E-state index contributed by atoms with van der Waals surface area (Å²) < 4.78 is 13.7. The maximum atomic E-state index is 13.7. The van der Waals surface area contributed by atoms with E-state index in [0.717, 1.165) is 13.1 Å². The van der Waals surface area contributed by atoms with Crippen molar-refractivity contribution in [2.75, 3.05) is 26.2 Å². The summed E-state index contributed by atoms with van der Waals surface area (Å²) in [5.41, 5.74) is -1.67. The Kier molecular flexibility index (Phi) is 2.21. The summed E-state index contributed by atoms with van der Waals surface area (Å²) in [4.78, 5) is 11.4. The molecule has 1 unspecified atom stereocenters. The topological polar surface area (TPSA) is 53.2 Å². The van der Waals surface area contributed by atoms with Crippen LogP contribution in [-0.4, -0.2) is 43.8 Å². The molecule has 2 aliphatic rings. The van der Waals surface area contributed by atoms with Crippen molar-refractivity contribution in [2.24, 2.45) is 0 Å². The number of alkyl halides is 1. The van der Waals surface area contributed by atoms with Gasteiger partial charge in [0.2, 0.25) is 5.67 Å². The zero-order valence-electron chi connectivity index (χ0n) is 7.40. The van der Waals surface area contributed by atoms with Crippen LogP contribution in [0.25, 0.3) is 0 Å². The molecule has 0 aliphatic carbocycles. The Balaban J connectivity index is 1.87. The molecule has 4 nitrogen and oxygen atoms in total. The first kappa shape index (κ1) is 8.90. The highest BCUT2D eigenvalue weighted by Crippen LogP contribution is 2.20. The van der Waals surface area contributed by atoms with Crippen LogP contribution in [0, 0.1) is 0 Å². The fourth-order valence-corrected chi connectivity index (χ4v) is 1.56. The third kappa shape index (κ3) is 1.66. The molecule has 74 valence electrons. The maximum Gasteiger partial charge on any atom is 0.259 e. The fraction of sp³-hybridized carbons (Fsp3) is 0.875. The molecular formula is C8H14FN3O. The van der Waals surface area contributed by atoms with Crippen LogP contribution < -0.4 is 16.0 Å². The van der Waals surface area contributed by atoms with E-state index in [9.17, 15) is 9.18 Å². The lowest BCUT2D eigenvalue weighted by Gasteiger charge is -2.30. The Bertz CT molecular complexity index is 211. The largest absolute Gasteiger partial charge is 0.348 e. The van der Waals surface area contributed by atoms with E-state index in [0.29, 0.717) is 13.0 Å². The average molecular weight is 187 g/mol. The summed E-state index contributed by atoms with van der Waals surface area (Å²) in [5, 5.41) is 8.55. The Morgan fingerprint density at radius 2 is 2.23 bits per heavy atom. The van der Waals surface area contributed by atoms with E-state index in [1.54, 1.807) is 0 Å². The van der Waals surface area contributed by atoms with Crippen molar-refractivity contribution in [3.63, 3.8) is 0 Å². The van der Waals surface area contributed by atoms with Gasteiger partial charge in [-0.3, -0.25) is 4.79 Å². The van der Waals surface area contributed by atoms with Gasteiger partial charge in [0.1, 0.15) is 0 Å². The molecule has 2 heterocycles. The van der Waals surface area contributed by atoms with Crippen molar-refractivity contribution >= 4 is 5.91 Å². The molecule has 1 atom stereocenters. The Morgan fingerprint density at radius 1 is 1.46 bits per heavy atom. The van der Waals surface area contributed by atoms with Crippen molar-refractivity contribution in [3.8, 4) is 0 Å². The molecule has 0 saturated carbocycles. The van der Waals surface area contributed by atoms with E-state index in [1.807, 2.05) is 0 Å². The average Bonchev–Trinajstić information content (AvgIpc) is 2.45. The van der Waals surface area contributed by atoms with Crippen molar-refractivity contribution < 1.29 is 9.18 Å². The molecule has 3 N–H and O–H groups in total. The third-order valence-corrected chi connectivity index (χ3v) is 2.63. The standard InChI is InChI=1S/C8H14FN3O/c9-8(1-2-10-5-8)7(13)12-6-3-11-4-6/h6,10-11H,1-5H2,(H,12,13). The molecule has 0 radical (unpaired) electrons. The van der Waals surface area contributed by atoms with Gasteiger partial charge in [0, 0.05) is 26.1 Å². The number of halogens is 1. The van der Waals surface area contributed by atoms with Crippen molar-refractivity contribution in [1.82, 2.24) is 16.0 Å². The maximum absolute atomic E-state index is 13.7. The minimum absolute atomic E-state index is 0.126. The minimum atomic E-state index is -1.67. The van der Waals surface area contributed by atoms with Crippen molar-refractivity contribution in [1.29, 1.82) is 0 Å². The van der Waals surface area contributed by atoms with Crippen LogP contribution in [0.5, 0.6) is 0 Å². The number of hydrogen-bond acceptors (Lipinski definition) is 3. The Morgan fingerprint density at radius 3 is 2.69 bits per heavy atom. The zero-order chi connectivity index (χ0) is 9.31. The summed E-state index contributed by atoms with van der Waals surface area (Å²) in [6, 6.07) is 0.126. The second-order valence-corrected chi connectivity index (χ2v) is 3.72. The van der Waals surface area contributed by atoms with E-state index in [1.165, 1.54) is 0 Å². The summed E-state index contributed by atoms with van der Waals surface area (Å²) in [6.45, 7) is 2.26. The number of carbonyl (C=O) groups excluding carboxylic acids is 1. The minimum Gasteiger partial charge on any atom is -0.348 e. The lowest BCUT2D eigenvalue weighted by atomic mass is 10.0. The quantitative estimate of drug-likeness (QED) is 0.507. The van der Waals surface area contributed by atoms with Crippen molar-refractivity contribution in [3.05, 3.63) is 0 Å². The van der Waals surface area contributed by atoms with Gasteiger partial charge >= 0.3 is 0 Å². The number of rotatable bonds is 2. The Labute approximate surface area is 76.3 Å². The van der Waals surface area contributed by atoms with E-state index in [4.69, 9.17) is 0 Å². The molecule has 0 bridgehead atoms. The monoisotopic (exact) mass is 187 g/mol. The third-order valence-electron chi connectivity index (χ3n) is 2.63. The van der Waals surface area contributed by atoms with Gasteiger partial charge in [0.05, 0.1) is 6.04 Å². The second-order valence-electron chi connectivity index (χ2n) is 3.72. The first-order valence-corrected chi connectivity index (χ1v) is 4.62. The first-order chi connectivity index (χ1) is 6.21. The lowest BCUT2D eigenvalue weighted by molar-refractivity contribution is -0.132. The lowest BCUT2D eigenvalue weighted by Crippen LogP contribution is -2.60. The fourth-order valence-electron chi connectivity index (χ4n) is 1.56. The van der Waals surface area contributed by atoms with E-state index in [2.05, 4.69) is 16.0 Å². The molecule has 1 amide bonds. The summed E-state index contributed by atoms with van der Waals surface area (Å²) >= 11 is 0. The van der Waals surface area contributed by atoms with Crippen LogP contribution in [0.15, 0.2) is 0 Å². The number of hydrogen-bond donors (Lipinski definition) is 3. The van der Waals surface area contributed by atoms with Gasteiger partial charge in [-0.25, -0.2) is 4.39 Å². The summed E-state index contributed by atoms with van der Waals surface area (Å²) in [6.07, 6.45) is 0.291. The predicted octanol–water partition coefficient (Wildman–Crippen LogP) is -1.22. The Hall–Kier alpha value is -0.680. The van der Waals surface area contributed by atoms with E-state index < -0.39 is 11.6 Å². The van der Waals surface area contributed by atoms with Gasteiger partial charge in [-0.15, -0.1) is 0 Å². The number of carbonyl (C=O) groups is 1. The predicted molar refractivity (Wildman–Crippen MR) is 46.1 cm³/mol. The molecule has 2 fully saturated rings. The molecule has 0 aromatic carbocycles. The molecule has 2 saturated heterocycles. The van der Waals surface area contributed by atoms with Crippen molar-refractivity contribution in [2.45, 2.75) is 18.1 Å². The van der Waals surface area contributed by atoms with Crippen LogP contribution in [-0.2, 0) is 4.79 Å². The summed E-state index contributed by atoms with van der Waals surface area (Å²) in [7, 11) is 0. The normalized spacial score (nSPS) is 34.2. The van der Waals surface area contributed by atoms with Gasteiger partial charge in [-0.05, 0) is 6.54 Å². The number of nitrogens with one attached hydrogen (secondary N) is 3. The highest BCUT2D eigenvalue weighted by molar-refractivity contribution is 5.86. The zero-order valence-corrected chi connectivity index (χ0v) is 7.40. The first-order valence-electron chi connectivity index (χ1n) is 4.62. The van der Waals surface area contributed by atoms with E-state index >= 15 is 0 Å². The van der Waals surface area contributed by atoms with Gasteiger partial charge in [0.15, 0.2) is 0 Å². The highest BCUT2D eigenvalue weighted by Gasteiger charge is 2.42. The van der Waals surface area contributed by atoms with Crippen LogP contribution in [0.1, 0.15) is 6.42 Å². The number of amides is 1. The molecule has 2 aliphatic heterocycles.